The van der Waals surface area contributed by atoms with Crippen LogP contribution in [-0.4, -0.2) is 150 Å². The number of guanidine groups is 1. The molecule has 0 heterocycles. The van der Waals surface area contributed by atoms with Crippen LogP contribution in [0.15, 0.2) is 35.3 Å². The molecule has 0 aliphatic rings. The molecule has 0 fully saturated rings. The number of nitrogens with zero attached hydrogens (tertiary/aromatic N) is 1. The van der Waals surface area contributed by atoms with E-state index in [0.717, 1.165) is 24.8 Å². The third-order valence-corrected chi connectivity index (χ3v) is 16.3. The van der Waals surface area contributed by atoms with Gasteiger partial charge in [0.2, 0.25) is 0 Å². The van der Waals surface area contributed by atoms with Gasteiger partial charge in [-0.15, -0.1) is 0 Å². The molecule has 4 amide bonds. The van der Waals surface area contributed by atoms with Gasteiger partial charge >= 0.3 is 12.1 Å². The summed E-state index contributed by atoms with van der Waals surface area (Å²) in [6.45, 7) is 42.4. The first-order valence-corrected chi connectivity index (χ1v) is 36.4. The lowest BCUT2D eigenvalue weighted by atomic mass is 9.84. The number of hydrogen-bond donors (Lipinski definition) is 12. The SMILES string of the molecule is CC(C)N[C@@H](Cc1ccccc1)C(=O)C[C@@H](CCCCN)C(=O)C(C)C.CC(C)N[C@H](C(=O)C[C@@H](CCCN=C(N)N)C(=O)C(C)C)C(C)C.CC(C)N[C@H](C(=O)C[C@@H](CCCNC(N)=O)C(=O)C(C)C)C(C)C.CC(C)N[C@H](C(=O)C[C@@H](CCCNC(N)=O)C(=O)C(C)C)C(C)O. The Hall–Kier alpha value is -5.85. The fraction of sp³-hybridized carbons (Fsp3) is 0.773. The number of ketones is 8. The first-order valence-electron chi connectivity index (χ1n) is 36.4. The number of unbranched alkanes of at least 4 members (excludes halogenated alkanes) is 1. The van der Waals surface area contributed by atoms with Crippen LogP contribution in [0.25, 0.3) is 0 Å². The molecule has 1 aromatic carbocycles. The number of Topliss-reactive ketones (excluding diaryl/α,β-unsaturated/α-hetero) is 8. The molecule has 17 N–H and O–H groups in total. The van der Waals surface area contributed by atoms with Gasteiger partial charge < -0.3 is 65.7 Å². The van der Waals surface area contributed by atoms with Gasteiger partial charge in [-0.2, -0.15) is 0 Å². The van der Waals surface area contributed by atoms with Gasteiger partial charge in [0.25, 0.3) is 0 Å². The number of nitrogens with one attached hydrogen (secondary N) is 6. The average Bonchev–Trinajstić information content (AvgIpc) is 0.904. The van der Waals surface area contributed by atoms with Crippen LogP contribution in [-0.2, 0) is 44.8 Å². The highest BCUT2D eigenvalue weighted by molar-refractivity contribution is 5.94. The first-order chi connectivity index (χ1) is 45.5. The highest BCUT2D eigenvalue weighted by Gasteiger charge is 2.34. The van der Waals surface area contributed by atoms with Crippen molar-refractivity contribution in [3.05, 3.63) is 35.9 Å². The molecule has 98 heavy (non-hydrogen) atoms. The van der Waals surface area contributed by atoms with Crippen molar-refractivity contribution >= 4 is 64.3 Å². The number of nitrogens with two attached hydrogens (primary N) is 5. The van der Waals surface area contributed by atoms with Gasteiger partial charge in [-0.3, -0.25) is 43.3 Å². The smallest absolute Gasteiger partial charge is 0.312 e. The van der Waals surface area contributed by atoms with Gasteiger partial charge in [0.1, 0.15) is 23.1 Å². The Morgan fingerprint density at radius 2 is 0.724 bits per heavy atom. The highest BCUT2D eigenvalue weighted by Crippen LogP contribution is 2.25. The summed E-state index contributed by atoms with van der Waals surface area (Å²) in [4.78, 5) is 126. The van der Waals surface area contributed by atoms with E-state index in [0.29, 0.717) is 77.5 Å². The number of benzene rings is 1. The van der Waals surface area contributed by atoms with Gasteiger partial charge in [-0.05, 0) is 88.7 Å². The van der Waals surface area contributed by atoms with Crippen molar-refractivity contribution in [1.82, 2.24) is 31.9 Å². The van der Waals surface area contributed by atoms with Crippen molar-refractivity contribution in [2.75, 3.05) is 26.2 Å². The molecule has 0 saturated carbocycles. The third-order valence-electron chi connectivity index (χ3n) is 16.3. The lowest BCUT2D eigenvalue weighted by molar-refractivity contribution is -0.132. The van der Waals surface area contributed by atoms with E-state index in [4.69, 9.17) is 28.7 Å². The number of carbonyl (C=O) groups is 10. The highest BCUT2D eigenvalue weighted by atomic mass is 16.3. The largest absolute Gasteiger partial charge is 0.391 e. The second kappa shape index (κ2) is 54.0. The van der Waals surface area contributed by atoms with Crippen molar-refractivity contribution < 1.29 is 53.1 Å². The topological polar surface area (TPSA) is 406 Å². The summed E-state index contributed by atoms with van der Waals surface area (Å²) in [6, 6.07) is 8.17. The van der Waals surface area contributed by atoms with E-state index in [1.54, 1.807) is 20.8 Å². The second-order valence-electron chi connectivity index (χ2n) is 29.5. The maximum atomic E-state index is 13.0. The summed E-state index contributed by atoms with van der Waals surface area (Å²) in [5.74, 6) is -0.538. The van der Waals surface area contributed by atoms with E-state index < -0.39 is 30.1 Å². The predicted molar refractivity (Wildman–Crippen MR) is 398 cm³/mol. The van der Waals surface area contributed by atoms with Crippen LogP contribution in [0, 0.1) is 59.2 Å². The van der Waals surface area contributed by atoms with Gasteiger partial charge in [-0.1, -0.05) is 175 Å². The second-order valence-corrected chi connectivity index (χ2v) is 29.5. The third kappa shape index (κ3) is 46.5. The normalized spacial score (nSPS) is 14.3. The molecular weight excluding hydrogens is 1240 g/mol. The van der Waals surface area contributed by atoms with E-state index in [2.05, 4.69) is 36.9 Å². The molecule has 1 unspecified atom stereocenters. The zero-order valence-corrected chi connectivity index (χ0v) is 64.4. The number of amides is 4. The molecule has 0 aromatic heterocycles. The summed E-state index contributed by atoms with van der Waals surface area (Å²) in [6.07, 6.45) is 6.90. The number of urea groups is 2. The Bertz CT molecular complexity index is 2400. The van der Waals surface area contributed by atoms with Gasteiger partial charge in [0.05, 0.1) is 30.3 Å². The van der Waals surface area contributed by atoms with Crippen LogP contribution in [0.4, 0.5) is 9.59 Å². The number of primary amides is 2. The summed E-state index contributed by atoms with van der Waals surface area (Å²) < 4.78 is 0. The quantitative estimate of drug-likeness (QED) is 0.0165. The van der Waals surface area contributed by atoms with Gasteiger partial charge in [-0.25, -0.2) is 9.59 Å². The molecule has 0 aliphatic carbocycles. The molecule has 0 saturated heterocycles. The molecule has 9 atom stereocenters. The number of carbonyl (C=O) groups excluding carboxylic acids is 10. The van der Waals surface area contributed by atoms with Crippen molar-refractivity contribution in [1.29, 1.82) is 0 Å². The number of aliphatic hydroxyl groups is 1. The Morgan fingerprint density at radius 1 is 0.408 bits per heavy atom. The van der Waals surface area contributed by atoms with E-state index >= 15 is 0 Å². The molecule has 1 rings (SSSR count). The molecule has 0 aliphatic heterocycles. The molecule has 0 radical (unpaired) electrons. The van der Waals surface area contributed by atoms with Crippen LogP contribution in [0.5, 0.6) is 0 Å². The summed E-state index contributed by atoms with van der Waals surface area (Å²) in [7, 11) is 0. The fourth-order valence-corrected chi connectivity index (χ4v) is 11.4. The number of hydrogen-bond acceptors (Lipinski definition) is 17. The van der Waals surface area contributed by atoms with E-state index in [1.165, 1.54) is 0 Å². The Balaban J connectivity index is -0.00000123. The molecule has 23 nitrogen and oxygen atoms in total. The Morgan fingerprint density at radius 3 is 1.02 bits per heavy atom. The zero-order chi connectivity index (χ0) is 76.1. The maximum absolute atomic E-state index is 13.0. The lowest BCUT2D eigenvalue weighted by Crippen LogP contribution is -2.48. The monoisotopic (exact) mass is 1390 g/mol. The summed E-state index contributed by atoms with van der Waals surface area (Å²) >= 11 is 0. The average molecular weight is 1390 g/mol. The fourth-order valence-electron chi connectivity index (χ4n) is 11.4. The molecule has 1 aromatic rings. The van der Waals surface area contributed by atoms with E-state index in [9.17, 15) is 53.1 Å². The first kappa shape index (κ1) is 96.3. The predicted octanol–water partition coefficient (Wildman–Crippen LogP) is 8.63. The molecule has 23 heteroatoms. The molecule has 0 bridgehead atoms. The minimum absolute atomic E-state index is 0.0244. The molecular formula is C75H140N12O11. The molecule has 566 valence electrons. The van der Waals surface area contributed by atoms with Crippen molar-refractivity contribution in [3.8, 4) is 0 Å². The van der Waals surface area contributed by atoms with Crippen molar-refractivity contribution in [2.24, 2.45) is 92.8 Å². The van der Waals surface area contributed by atoms with Crippen LogP contribution >= 0.6 is 0 Å². The summed E-state index contributed by atoms with van der Waals surface area (Å²) in [5.41, 5.74) is 27.4. The number of rotatable bonds is 49. The van der Waals surface area contributed by atoms with E-state index in [1.807, 2.05) is 155 Å². The minimum Gasteiger partial charge on any atom is -0.391 e. The maximum Gasteiger partial charge on any atom is 0.312 e. The summed E-state index contributed by atoms with van der Waals surface area (Å²) in [5, 5.41) is 27.9. The van der Waals surface area contributed by atoms with Gasteiger partial charge in [0.15, 0.2) is 29.1 Å². The van der Waals surface area contributed by atoms with Crippen molar-refractivity contribution in [2.45, 2.75) is 290 Å². The number of aliphatic imine (C=N–C) groups is 1. The van der Waals surface area contributed by atoms with Crippen molar-refractivity contribution in [3.63, 3.8) is 0 Å². The van der Waals surface area contributed by atoms with Crippen LogP contribution in [0.1, 0.15) is 234 Å². The lowest BCUT2D eigenvalue weighted by Gasteiger charge is -2.26. The molecule has 0 spiro atoms. The Kier molecular flexibility index (Phi) is 53.1. The zero-order valence-electron chi connectivity index (χ0n) is 64.4. The van der Waals surface area contributed by atoms with Crippen LogP contribution in [0.2, 0.25) is 0 Å². The Labute approximate surface area is 591 Å². The van der Waals surface area contributed by atoms with Gasteiger partial charge in [0, 0.05) is 117 Å². The van der Waals surface area contributed by atoms with Crippen LogP contribution in [0.3, 0.4) is 0 Å². The van der Waals surface area contributed by atoms with Crippen LogP contribution < -0.4 is 60.6 Å². The standard InChI is InChI=1S/C22H36N2O2.C18H36N4O2.C18H35N3O3.C17H33N3O4/c1-16(2)22(26)19(12-8-9-13-23)15-21(25)20(24-17(3)4)14-18-10-6-5-7-11-18;1-11(2)16(22-13(5)6)15(23)10-14(17(24)12(3)4)8-7-9-21-18(19)20;1-11(2)16(21-13(5)6)15(22)10-14(17(23)12(3)4)8-7-9-20-18(19)24;1-10(2)16(23)13(7-6-8-19-17(18)24)9-14(22)15(12(5)21)20-11(3)4/h5-7,10-11,16-17,19-20,24H,8-9,12-15,23H2,1-4H3;11-14,16,22H,7-10H2,1-6H3,(H4,19,20,21);11-14,16,21H,7-10H2,1-6H3,(H3,19,20,24);10-13,15,20-21H,6-9H2,1-5H3,(H3,18,19,24)/t19-,20+;2*14-,16+;12?,13-,15+/m1111/s1. The number of aliphatic hydroxyl groups excluding tert-OH is 1. The minimum atomic E-state index is -0.828. The van der Waals surface area contributed by atoms with E-state index in [-0.39, 0.29) is 167 Å².